The maximum atomic E-state index is 12.7. The van der Waals surface area contributed by atoms with Gasteiger partial charge in [0.25, 0.3) is 11.7 Å². The summed E-state index contributed by atoms with van der Waals surface area (Å²) in [6.07, 6.45) is 1.61. The number of nitrogens with zero attached hydrogens (tertiary/aromatic N) is 2. The molecule has 1 atom stereocenters. The summed E-state index contributed by atoms with van der Waals surface area (Å²) in [5.41, 5.74) is 1.06. The number of aliphatic hydroxyl groups excluding tert-OH is 1. The Morgan fingerprint density at radius 1 is 1.15 bits per heavy atom. The van der Waals surface area contributed by atoms with Crippen LogP contribution in [0.15, 0.2) is 60.3 Å². The average Bonchev–Trinajstić information content (AvgIpc) is 2.93. The second-order valence-electron chi connectivity index (χ2n) is 6.53. The van der Waals surface area contributed by atoms with Crippen molar-refractivity contribution in [3.8, 4) is 0 Å². The van der Waals surface area contributed by atoms with E-state index in [2.05, 4.69) is 4.98 Å². The van der Waals surface area contributed by atoms with Crippen molar-refractivity contribution in [3.63, 3.8) is 0 Å². The number of carbonyl (C=O) groups excluding carboxylic acids is 2. The predicted octanol–water partition coefficient (Wildman–Crippen LogP) is 2.93. The third kappa shape index (κ3) is 3.90. The highest BCUT2D eigenvalue weighted by Crippen LogP contribution is 2.38. The van der Waals surface area contributed by atoms with Crippen molar-refractivity contribution in [1.29, 1.82) is 0 Å². The molecule has 0 bridgehead atoms. The first kappa shape index (κ1) is 18.8. The first-order valence-corrected chi connectivity index (χ1v) is 8.87. The SMILES string of the molecule is CC(C)OCCN1C(=O)C(=O)/C(=C(\O)c2ccccc2)C1c1ccccn1. The summed E-state index contributed by atoms with van der Waals surface area (Å²) in [6.45, 7) is 4.33. The number of hydrogen-bond acceptors (Lipinski definition) is 5. The number of Topliss-reactive ketones (excluding diaryl/α,β-unsaturated/α-hetero) is 1. The quantitative estimate of drug-likeness (QED) is 0.483. The number of likely N-dealkylation sites (tertiary alicyclic amines) is 1. The summed E-state index contributed by atoms with van der Waals surface area (Å²) in [5, 5.41) is 10.8. The van der Waals surface area contributed by atoms with Gasteiger partial charge in [-0.25, -0.2) is 0 Å². The molecule has 2 aromatic rings. The van der Waals surface area contributed by atoms with Crippen molar-refractivity contribution in [2.45, 2.75) is 26.0 Å². The van der Waals surface area contributed by atoms with E-state index in [-0.39, 0.29) is 24.0 Å². The van der Waals surface area contributed by atoms with Crippen LogP contribution in [0.25, 0.3) is 5.76 Å². The van der Waals surface area contributed by atoms with Gasteiger partial charge in [0.15, 0.2) is 0 Å². The minimum Gasteiger partial charge on any atom is -0.507 e. The van der Waals surface area contributed by atoms with E-state index in [4.69, 9.17) is 4.74 Å². The van der Waals surface area contributed by atoms with Crippen LogP contribution in [0.2, 0.25) is 0 Å². The molecule has 1 aromatic heterocycles. The molecule has 1 unspecified atom stereocenters. The zero-order valence-corrected chi connectivity index (χ0v) is 15.3. The number of benzene rings is 1. The lowest BCUT2D eigenvalue weighted by molar-refractivity contribution is -0.140. The van der Waals surface area contributed by atoms with Crippen LogP contribution in [0.4, 0.5) is 0 Å². The van der Waals surface area contributed by atoms with Crippen molar-refractivity contribution >= 4 is 17.4 Å². The number of aliphatic hydroxyl groups is 1. The van der Waals surface area contributed by atoms with Crippen LogP contribution in [-0.2, 0) is 14.3 Å². The largest absolute Gasteiger partial charge is 0.507 e. The highest BCUT2D eigenvalue weighted by atomic mass is 16.5. The molecule has 1 amide bonds. The van der Waals surface area contributed by atoms with Crippen LogP contribution in [0, 0.1) is 0 Å². The molecule has 1 saturated heterocycles. The molecule has 1 aromatic carbocycles. The lowest BCUT2D eigenvalue weighted by Gasteiger charge is -2.24. The van der Waals surface area contributed by atoms with Crippen molar-refractivity contribution < 1.29 is 19.4 Å². The van der Waals surface area contributed by atoms with Crippen LogP contribution in [0.3, 0.4) is 0 Å². The van der Waals surface area contributed by atoms with Gasteiger partial charge in [-0.1, -0.05) is 36.4 Å². The van der Waals surface area contributed by atoms with Gasteiger partial charge in [0.1, 0.15) is 11.8 Å². The Kier molecular flexibility index (Phi) is 5.66. The Hall–Kier alpha value is -2.99. The van der Waals surface area contributed by atoms with Crippen LogP contribution in [-0.4, -0.2) is 45.9 Å². The van der Waals surface area contributed by atoms with E-state index in [0.29, 0.717) is 17.9 Å². The Morgan fingerprint density at radius 3 is 2.48 bits per heavy atom. The molecule has 140 valence electrons. The van der Waals surface area contributed by atoms with Crippen molar-refractivity contribution in [1.82, 2.24) is 9.88 Å². The van der Waals surface area contributed by atoms with Crippen LogP contribution < -0.4 is 0 Å². The average molecular weight is 366 g/mol. The van der Waals surface area contributed by atoms with Gasteiger partial charge in [-0.15, -0.1) is 0 Å². The molecule has 6 nitrogen and oxygen atoms in total. The second-order valence-corrected chi connectivity index (χ2v) is 6.53. The lowest BCUT2D eigenvalue weighted by Crippen LogP contribution is -2.33. The van der Waals surface area contributed by atoms with Gasteiger partial charge in [-0.3, -0.25) is 14.6 Å². The molecule has 1 aliphatic rings. The van der Waals surface area contributed by atoms with Gasteiger partial charge in [-0.05, 0) is 26.0 Å². The van der Waals surface area contributed by atoms with Crippen molar-refractivity contribution in [2.24, 2.45) is 0 Å². The van der Waals surface area contributed by atoms with Crippen LogP contribution in [0.1, 0.15) is 31.1 Å². The Bertz CT molecular complexity index is 847. The van der Waals surface area contributed by atoms with Gasteiger partial charge < -0.3 is 14.7 Å². The summed E-state index contributed by atoms with van der Waals surface area (Å²) < 4.78 is 5.55. The fraction of sp³-hybridized carbons (Fsp3) is 0.286. The van der Waals surface area contributed by atoms with Crippen LogP contribution >= 0.6 is 0 Å². The summed E-state index contributed by atoms with van der Waals surface area (Å²) in [7, 11) is 0. The highest BCUT2D eigenvalue weighted by molar-refractivity contribution is 6.46. The summed E-state index contributed by atoms with van der Waals surface area (Å²) in [5.74, 6) is -1.57. The van der Waals surface area contributed by atoms with E-state index in [1.165, 1.54) is 4.90 Å². The molecular weight excluding hydrogens is 344 g/mol. The number of hydrogen-bond donors (Lipinski definition) is 1. The molecule has 1 aliphatic heterocycles. The molecule has 6 heteroatoms. The molecular formula is C21H22N2O4. The van der Waals surface area contributed by atoms with E-state index >= 15 is 0 Å². The molecule has 0 radical (unpaired) electrons. The van der Waals surface area contributed by atoms with E-state index in [1.807, 2.05) is 19.9 Å². The number of rotatable bonds is 6. The minimum absolute atomic E-state index is 0.0134. The van der Waals surface area contributed by atoms with Crippen molar-refractivity contribution in [3.05, 3.63) is 71.6 Å². The lowest BCUT2D eigenvalue weighted by atomic mass is 9.98. The zero-order valence-electron chi connectivity index (χ0n) is 15.3. The normalized spacial score (nSPS) is 19.1. The number of ketones is 1. The number of aromatic nitrogens is 1. The predicted molar refractivity (Wildman–Crippen MR) is 101 cm³/mol. The molecule has 3 rings (SSSR count). The monoisotopic (exact) mass is 366 g/mol. The summed E-state index contributed by atoms with van der Waals surface area (Å²) >= 11 is 0. The first-order valence-electron chi connectivity index (χ1n) is 8.87. The van der Waals surface area contributed by atoms with E-state index < -0.39 is 17.7 Å². The Morgan fingerprint density at radius 2 is 1.85 bits per heavy atom. The highest BCUT2D eigenvalue weighted by Gasteiger charge is 2.46. The van der Waals surface area contributed by atoms with Gasteiger partial charge >= 0.3 is 0 Å². The first-order chi connectivity index (χ1) is 13.0. The smallest absolute Gasteiger partial charge is 0.295 e. The second kappa shape index (κ2) is 8.14. The van der Waals surface area contributed by atoms with E-state index in [9.17, 15) is 14.7 Å². The van der Waals surface area contributed by atoms with E-state index in [1.54, 1.807) is 48.7 Å². The molecule has 1 fully saturated rings. The Labute approximate surface area is 158 Å². The van der Waals surface area contributed by atoms with Gasteiger partial charge in [0.2, 0.25) is 0 Å². The van der Waals surface area contributed by atoms with E-state index in [0.717, 1.165) is 0 Å². The fourth-order valence-electron chi connectivity index (χ4n) is 3.09. The molecule has 2 heterocycles. The number of carbonyl (C=O) groups is 2. The molecule has 0 aliphatic carbocycles. The topological polar surface area (TPSA) is 79.7 Å². The van der Waals surface area contributed by atoms with Gasteiger partial charge in [-0.2, -0.15) is 0 Å². The van der Waals surface area contributed by atoms with Crippen LogP contribution in [0.5, 0.6) is 0 Å². The Balaban J connectivity index is 2.05. The molecule has 27 heavy (non-hydrogen) atoms. The zero-order chi connectivity index (χ0) is 19.4. The minimum atomic E-state index is -0.748. The van der Waals surface area contributed by atoms with Crippen molar-refractivity contribution in [2.75, 3.05) is 13.2 Å². The maximum Gasteiger partial charge on any atom is 0.295 e. The molecule has 0 saturated carbocycles. The summed E-state index contributed by atoms with van der Waals surface area (Å²) in [4.78, 5) is 31.1. The molecule has 0 spiro atoms. The third-order valence-electron chi connectivity index (χ3n) is 4.34. The third-order valence-corrected chi connectivity index (χ3v) is 4.34. The number of ether oxygens (including phenoxy) is 1. The van der Waals surface area contributed by atoms with Gasteiger partial charge in [0, 0.05) is 18.3 Å². The van der Waals surface area contributed by atoms with Gasteiger partial charge in [0.05, 0.1) is 24.0 Å². The number of amides is 1. The molecule has 1 N–H and O–H groups in total. The maximum absolute atomic E-state index is 12.7. The summed E-state index contributed by atoms with van der Waals surface area (Å²) in [6, 6.07) is 13.3. The fourth-order valence-corrected chi connectivity index (χ4v) is 3.09. The standard InChI is InChI=1S/C21H22N2O4/c1-14(2)27-13-12-23-18(16-10-6-7-11-22-16)17(20(25)21(23)26)19(24)15-8-4-3-5-9-15/h3-11,14,18,24H,12-13H2,1-2H3/b19-17-. The number of pyridine rings is 1.